The van der Waals surface area contributed by atoms with Crippen molar-refractivity contribution < 1.29 is 22.8 Å². The van der Waals surface area contributed by atoms with Crippen LogP contribution in [0.1, 0.15) is 36.2 Å². The third-order valence-electron chi connectivity index (χ3n) is 3.41. The first kappa shape index (κ1) is 19.8. The van der Waals surface area contributed by atoms with Crippen molar-refractivity contribution in [3.63, 3.8) is 0 Å². The first-order chi connectivity index (χ1) is 11.1. The van der Waals surface area contributed by atoms with Gasteiger partial charge in [-0.05, 0) is 38.0 Å². The van der Waals surface area contributed by atoms with Crippen molar-refractivity contribution >= 4 is 17.5 Å². The Bertz CT molecular complexity index is 588. The molecule has 0 aromatic heterocycles. The van der Waals surface area contributed by atoms with Gasteiger partial charge >= 0.3 is 6.18 Å². The molecule has 1 atom stereocenters. The lowest BCUT2D eigenvalue weighted by Gasteiger charge is -2.14. The van der Waals surface area contributed by atoms with Crippen LogP contribution >= 0.6 is 0 Å². The molecule has 0 spiro atoms. The molecule has 2 amide bonds. The molecule has 0 saturated carbocycles. The van der Waals surface area contributed by atoms with Crippen LogP contribution in [0.2, 0.25) is 0 Å². The van der Waals surface area contributed by atoms with E-state index in [1.807, 2.05) is 19.2 Å². The topological polar surface area (TPSA) is 70.2 Å². The van der Waals surface area contributed by atoms with Crippen molar-refractivity contribution in [2.24, 2.45) is 0 Å². The van der Waals surface area contributed by atoms with Crippen LogP contribution in [0.15, 0.2) is 18.2 Å². The Kier molecular flexibility index (Phi) is 7.06. The first-order valence-corrected chi connectivity index (χ1v) is 7.61. The minimum Gasteiger partial charge on any atom is -0.376 e. The third-order valence-corrected chi connectivity index (χ3v) is 3.41. The summed E-state index contributed by atoms with van der Waals surface area (Å²) in [5, 5.41) is 7.50. The van der Waals surface area contributed by atoms with Gasteiger partial charge in [-0.3, -0.25) is 9.59 Å². The van der Waals surface area contributed by atoms with Crippen LogP contribution in [0, 0.1) is 6.92 Å². The average molecular weight is 345 g/mol. The monoisotopic (exact) mass is 345 g/mol. The average Bonchev–Trinajstić information content (AvgIpc) is 2.50. The van der Waals surface area contributed by atoms with Gasteiger partial charge < -0.3 is 16.0 Å². The second-order valence-electron chi connectivity index (χ2n) is 5.56. The van der Waals surface area contributed by atoms with Gasteiger partial charge in [0.2, 0.25) is 5.91 Å². The minimum absolute atomic E-state index is 0.0127. The lowest BCUT2D eigenvalue weighted by atomic mass is 10.1. The van der Waals surface area contributed by atoms with Crippen LogP contribution in [0.5, 0.6) is 0 Å². The fraction of sp³-hybridized carbons (Fsp3) is 0.500. The van der Waals surface area contributed by atoms with E-state index in [0.29, 0.717) is 5.69 Å². The number of amides is 2. The molecule has 0 aliphatic rings. The number of benzene rings is 1. The highest BCUT2D eigenvalue weighted by atomic mass is 19.4. The molecule has 0 aliphatic heterocycles. The van der Waals surface area contributed by atoms with Gasteiger partial charge in [0.25, 0.3) is 5.91 Å². The van der Waals surface area contributed by atoms with Crippen molar-refractivity contribution in [2.45, 2.75) is 39.4 Å². The number of aryl methyl sites for hydroxylation is 1. The fourth-order valence-corrected chi connectivity index (χ4v) is 1.84. The van der Waals surface area contributed by atoms with E-state index in [1.54, 1.807) is 13.0 Å². The van der Waals surface area contributed by atoms with Gasteiger partial charge in [-0.15, -0.1) is 0 Å². The van der Waals surface area contributed by atoms with Crippen molar-refractivity contribution in [3.8, 4) is 0 Å². The summed E-state index contributed by atoms with van der Waals surface area (Å²) in [4.78, 5) is 23.5. The Hall–Kier alpha value is -2.25. The third kappa shape index (κ3) is 6.89. The summed E-state index contributed by atoms with van der Waals surface area (Å²) in [6.45, 7) is 4.23. The first-order valence-electron chi connectivity index (χ1n) is 7.61. The van der Waals surface area contributed by atoms with Gasteiger partial charge in [-0.1, -0.05) is 13.0 Å². The quantitative estimate of drug-likeness (QED) is 0.711. The predicted octanol–water partition coefficient (Wildman–Crippen LogP) is 2.61. The molecule has 1 aromatic carbocycles. The Balaban J connectivity index is 2.69. The molecule has 0 saturated heterocycles. The van der Waals surface area contributed by atoms with E-state index < -0.39 is 18.6 Å². The fourth-order valence-electron chi connectivity index (χ4n) is 1.84. The molecule has 134 valence electrons. The Morgan fingerprint density at radius 3 is 2.50 bits per heavy atom. The van der Waals surface area contributed by atoms with Gasteiger partial charge in [-0.25, -0.2) is 0 Å². The molecule has 0 bridgehead atoms. The number of carbonyl (C=O) groups excluding carboxylic acids is 2. The van der Waals surface area contributed by atoms with Gasteiger partial charge in [0, 0.05) is 17.3 Å². The molecule has 0 heterocycles. The van der Waals surface area contributed by atoms with Crippen molar-refractivity contribution in [3.05, 3.63) is 29.3 Å². The Morgan fingerprint density at radius 1 is 1.25 bits per heavy atom. The number of alkyl halides is 3. The molecular weight excluding hydrogens is 323 g/mol. The zero-order valence-corrected chi connectivity index (χ0v) is 13.9. The molecule has 5 nitrogen and oxygen atoms in total. The zero-order chi connectivity index (χ0) is 18.3. The summed E-state index contributed by atoms with van der Waals surface area (Å²) >= 11 is 0. The molecule has 24 heavy (non-hydrogen) atoms. The van der Waals surface area contributed by atoms with Crippen molar-refractivity contribution in [2.75, 3.05) is 18.4 Å². The molecule has 0 aliphatic carbocycles. The van der Waals surface area contributed by atoms with Gasteiger partial charge in [0.1, 0.15) is 6.54 Å². The summed E-state index contributed by atoms with van der Waals surface area (Å²) < 4.78 is 36.4. The Morgan fingerprint density at radius 2 is 1.92 bits per heavy atom. The minimum atomic E-state index is -4.46. The SMILES string of the molecule is CC[C@@H](C)NC(=O)CNc1cc(C(=O)NCC(F)(F)F)ccc1C. The van der Waals surface area contributed by atoms with Gasteiger partial charge in [0.15, 0.2) is 0 Å². The summed E-state index contributed by atoms with van der Waals surface area (Å²) in [5.41, 5.74) is 1.39. The predicted molar refractivity (Wildman–Crippen MR) is 86.0 cm³/mol. The maximum Gasteiger partial charge on any atom is 0.405 e. The summed E-state index contributed by atoms with van der Waals surface area (Å²) in [5.74, 6) is -1.02. The van der Waals surface area contributed by atoms with E-state index >= 15 is 0 Å². The highest BCUT2D eigenvalue weighted by molar-refractivity contribution is 5.95. The van der Waals surface area contributed by atoms with Crippen LogP contribution in [-0.4, -0.2) is 37.1 Å². The molecule has 0 fully saturated rings. The number of rotatable bonds is 7. The van der Waals surface area contributed by atoms with E-state index in [0.717, 1.165) is 12.0 Å². The van der Waals surface area contributed by atoms with E-state index in [2.05, 4.69) is 10.6 Å². The number of hydrogen-bond acceptors (Lipinski definition) is 3. The van der Waals surface area contributed by atoms with E-state index in [1.165, 1.54) is 12.1 Å². The molecule has 0 unspecified atom stereocenters. The molecule has 1 aromatic rings. The lowest BCUT2D eigenvalue weighted by molar-refractivity contribution is -0.123. The van der Waals surface area contributed by atoms with E-state index in [9.17, 15) is 22.8 Å². The number of hydrogen-bond donors (Lipinski definition) is 3. The van der Waals surface area contributed by atoms with Crippen LogP contribution < -0.4 is 16.0 Å². The zero-order valence-electron chi connectivity index (χ0n) is 13.9. The van der Waals surface area contributed by atoms with E-state index in [-0.39, 0.29) is 24.1 Å². The van der Waals surface area contributed by atoms with Crippen LogP contribution in [0.25, 0.3) is 0 Å². The molecule has 3 N–H and O–H groups in total. The second-order valence-corrected chi connectivity index (χ2v) is 5.56. The normalized spacial score (nSPS) is 12.4. The Labute approximate surface area is 139 Å². The molecule has 8 heteroatoms. The van der Waals surface area contributed by atoms with Crippen LogP contribution in [0.3, 0.4) is 0 Å². The molecule has 0 radical (unpaired) electrons. The molecular formula is C16H22F3N3O2. The van der Waals surface area contributed by atoms with Gasteiger partial charge in [0.05, 0.1) is 6.54 Å². The lowest BCUT2D eigenvalue weighted by Crippen LogP contribution is -2.36. The standard InChI is InChI=1S/C16H22F3N3O2/c1-4-11(3)22-14(23)8-20-13-7-12(6-5-10(13)2)15(24)21-9-16(17,18)19/h5-7,11,20H,4,8-9H2,1-3H3,(H,21,24)(H,22,23)/t11-/m1/s1. The van der Waals surface area contributed by atoms with Crippen molar-refractivity contribution in [1.29, 1.82) is 0 Å². The second kappa shape index (κ2) is 8.56. The highest BCUT2D eigenvalue weighted by Crippen LogP contribution is 2.17. The largest absolute Gasteiger partial charge is 0.405 e. The van der Waals surface area contributed by atoms with E-state index in [4.69, 9.17) is 0 Å². The summed E-state index contributed by atoms with van der Waals surface area (Å²) in [6, 6.07) is 4.53. The smallest absolute Gasteiger partial charge is 0.376 e. The number of anilines is 1. The number of carbonyl (C=O) groups is 2. The molecule has 1 rings (SSSR count). The number of nitrogens with one attached hydrogen (secondary N) is 3. The summed E-state index contributed by atoms with van der Waals surface area (Å²) in [7, 11) is 0. The number of halogens is 3. The maximum atomic E-state index is 12.1. The van der Waals surface area contributed by atoms with Gasteiger partial charge in [-0.2, -0.15) is 13.2 Å². The highest BCUT2D eigenvalue weighted by Gasteiger charge is 2.27. The van der Waals surface area contributed by atoms with Crippen molar-refractivity contribution in [1.82, 2.24) is 10.6 Å². The van der Waals surface area contributed by atoms with Crippen LogP contribution in [0.4, 0.5) is 18.9 Å². The summed E-state index contributed by atoms with van der Waals surface area (Å²) in [6.07, 6.45) is -3.66. The van der Waals surface area contributed by atoms with Crippen LogP contribution in [-0.2, 0) is 4.79 Å². The maximum absolute atomic E-state index is 12.1.